The molecular formula is C33H38BrP. The van der Waals surface area contributed by atoms with Crippen LogP contribution in [-0.2, 0) is 12.6 Å². The van der Waals surface area contributed by atoms with Crippen molar-refractivity contribution >= 4 is 36.7 Å². The van der Waals surface area contributed by atoms with Gasteiger partial charge in [-0.2, -0.15) is 0 Å². The van der Waals surface area contributed by atoms with Crippen molar-refractivity contribution in [2.24, 2.45) is 0 Å². The van der Waals surface area contributed by atoms with Gasteiger partial charge in [-0.1, -0.05) is 0 Å². The number of rotatable bonds is 12. The molecule has 0 atom stereocenters. The van der Waals surface area contributed by atoms with Gasteiger partial charge in [0.15, 0.2) is 0 Å². The quantitative estimate of drug-likeness (QED) is 0.123. The molecule has 0 unspecified atom stereocenters. The van der Waals surface area contributed by atoms with Crippen molar-refractivity contribution in [3.8, 4) is 0 Å². The Hall–Kier alpha value is -2.21. The van der Waals surface area contributed by atoms with E-state index in [4.69, 9.17) is 0 Å². The third-order valence-electron chi connectivity index (χ3n) is 7.21. The number of hydrogen-bond acceptors (Lipinski definition) is 0. The molecular weight excluding hydrogens is 507 g/mol. The van der Waals surface area contributed by atoms with Gasteiger partial charge in [-0.05, 0) is 0 Å². The van der Waals surface area contributed by atoms with Crippen molar-refractivity contribution in [1.29, 1.82) is 0 Å². The van der Waals surface area contributed by atoms with Crippen molar-refractivity contribution in [2.45, 2.75) is 58.0 Å². The number of aryl methyl sites for hydroxylation is 1. The van der Waals surface area contributed by atoms with E-state index in [1.54, 1.807) is 0 Å². The van der Waals surface area contributed by atoms with Crippen LogP contribution in [0.2, 0.25) is 0 Å². The van der Waals surface area contributed by atoms with Gasteiger partial charge in [-0.25, -0.2) is 0 Å². The van der Waals surface area contributed by atoms with Gasteiger partial charge in [-0.15, -0.1) is 0 Å². The molecule has 182 valence electrons. The van der Waals surface area contributed by atoms with Gasteiger partial charge in [0, 0.05) is 0 Å². The van der Waals surface area contributed by atoms with E-state index in [0.717, 1.165) is 12.6 Å². The van der Waals surface area contributed by atoms with E-state index in [0.29, 0.717) is 0 Å². The molecule has 4 aromatic rings. The van der Waals surface area contributed by atoms with E-state index < -0.39 is 5.31 Å². The molecule has 0 heterocycles. The average molecular weight is 546 g/mol. The van der Waals surface area contributed by atoms with Gasteiger partial charge in [0.2, 0.25) is 0 Å². The van der Waals surface area contributed by atoms with Crippen molar-refractivity contribution in [2.75, 3.05) is 0 Å². The van der Waals surface area contributed by atoms with E-state index in [1.165, 1.54) is 65.6 Å². The van der Waals surface area contributed by atoms with Crippen LogP contribution in [0.25, 0.3) is 0 Å². The van der Waals surface area contributed by atoms with Crippen LogP contribution in [0, 0.1) is 0 Å². The number of unbranched alkanes of at least 4 members (excludes halogenated alkanes) is 5. The van der Waals surface area contributed by atoms with Crippen molar-refractivity contribution in [3.63, 3.8) is 0 Å². The molecule has 0 bridgehead atoms. The first-order valence-electron chi connectivity index (χ1n) is 13.1. The summed E-state index contributed by atoms with van der Waals surface area (Å²) in [6, 6.07) is 42.7. The van der Waals surface area contributed by atoms with Crippen molar-refractivity contribution < 1.29 is 0 Å². The molecule has 0 aliphatic carbocycles. The summed E-state index contributed by atoms with van der Waals surface area (Å²) >= 11 is 4.68. The summed E-state index contributed by atoms with van der Waals surface area (Å²) in [4.78, 5) is 0. The molecule has 4 aromatic carbocycles. The first kappa shape index (κ1) is 25.9. The molecule has 0 saturated carbocycles. The predicted molar refractivity (Wildman–Crippen MR) is 161 cm³/mol. The van der Waals surface area contributed by atoms with E-state index >= 15 is 0 Å². The Morgan fingerprint density at radius 2 is 1.03 bits per heavy atom. The first-order valence-corrected chi connectivity index (χ1v) is 17.6. The topological polar surface area (TPSA) is 0 Å². The zero-order valence-corrected chi connectivity index (χ0v) is 23.4. The van der Waals surface area contributed by atoms with E-state index in [2.05, 4.69) is 138 Å². The maximum absolute atomic E-state index is 4.68. The summed E-state index contributed by atoms with van der Waals surface area (Å²) in [5.41, 5.74) is 2.85. The number of hydrogen-bond donors (Lipinski definition) is 0. The Kier molecular flexibility index (Phi) is 8.99. The van der Waals surface area contributed by atoms with Gasteiger partial charge in [0.05, 0.1) is 0 Å². The molecule has 4 rings (SSSR count). The van der Waals surface area contributed by atoms with Crippen LogP contribution in [-0.4, -0.2) is 0 Å². The summed E-state index contributed by atoms with van der Waals surface area (Å²) < 4.78 is 0. The van der Waals surface area contributed by atoms with Crippen LogP contribution in [0.4, 0.5) is 0 Å². The zero-order chi connectivity index (χ0) is 24.4. The molecule has 0 aliphatic rings. The molecule has 0 aromatic heterocycles. The summed E-state index contributed by atoms with van der Waals surface area (Å²) in [7, 11) is 0. The summed E-state index contributed by atoms with van der Waals surface area (Å²) in [5, 5.41) is 1.26. The minimum absolute atomic E-state index is 0.952. The second kappa shape index (κ2) is 12.2. The first-order chi connectivity index (χ1) is 17.2. The van der Waals surface area contributed by atoms with E-state index in [9.17, 15) is 0 Å². The second-order valence-corrected chi connectivity index (χ2v) is 18.5. The Balaban J connectivity index is 1.88. The summed E-state index contributed by atoms with van der Waals surface area (Å²) in [6.45, 7) is 2.29. The fourth-order valence-electron chi connectivity index (χ4n) is 5.37. The van der Waals surface area contributed by atoms with Crippen LogP contribution < -0.4 is 15.9 Å². The van der Waals surface area contributed by atoms with Crippen LogP contribution in [0.5, 0.6) is 0 Å². The SMILES string of the molecule is CCCCCCCCc1ccccc1P(Br)(Cc1ccccc1)(c1ccccc1)c1ccccc1. The van der Waals surface area contributed by atoms with E-state index in [-0.39, 0.29) is 0 Å². The van der Waals surface area contributed by atoms with Crippen LogP contribution >= 0.6 is 20.8 Å². The third-order valence-corrected chi connectivity index (χ3v) is 16.7. The molecule has 0 aliphatic heterocycles. The minimum atomic E-state index is -3.00. The van der Waals surface area contributed by atoms with Crippen LogP contribution in [0.1, 0.15) is 56.6 Å². The summed E-state index contributed by atoms with van der Waals surface area (Å²) in [6.07, 6.45) is 9.99. The predicted octanol–water partition coefficient (Wildman–Crippen LogP) is 8.93. The molecule has 0 saturated heterocycles. The maximum atomic E-state index is 4.68. The number of halogens is 1. The Bertz CT molecular complexity index is 1130. The van der Waals surface area contributed by atoms with Gasteiger partial charge in [0.25, 0.3) is 0 Å². The molecule has 0 nitrogen and oxygen atoms in total. The molecule has 0 amide bonds. The molecule has 0 fully saturated rings. The van der Waals surface area contributed by atoms with E-state index in [1.807, 2.05) is 0 Å². The Labute approximate surface area is 220 Å². The van der Waals surface area contributed by atoms with Gasteiger partial charge < -0.3 is 0 Å². The third kappa shape index (κ3) is 5.63. The Morgan fingerprint density at radius 3 is 1.63 bits per heavy atom. The number of benzene rings is 4. The average Bonchev–Trinajstić information content (AvgIpc) is 2.92. The normalized spacial score (nSPS) is 12.7. The van der Waals surface area contributed by atoms with Gasteiger partial charge >= 0.3 is 221 Å². The Morgan fingerprint density at radius 1 is 0.543 bits per heavy atom. The molecule has 35 heavy (non-hydrogen) atoms. The van der Waals surface area contributed by atoms with Crippen LogP contribution in [0.15, 0.2) is 115 Å². The summed E-state index contributed by atoms with van der Waals surface area (Å²) in [5.74, 6) is 0. The van der Waals surface area contributed by atoms with Crippen molar-refractivity contribution in [3.05, 3.63) is 126 Å². The standard InChI is InChI=1S/C33H38BrP/c1-2-3-4-5-6-12-21-30-22-17-18-27-33(30)35(34,31-23-13-8-14-24-31,32-25-15-9-16-26-32)28-29-19-10-7-11-20-29/h7-11,13-20,22-27H,2-6,12,21,28H2,1H3. The molecule has 0 N–H and O–H groups in total. The second-order valence-electron chi connectivity index (χ2n) is 9.64. The molecule has 0 radical (unpaired) electrons. The zero-order valence-electron chi connectivity index (χ0n) is 21.0. The van der Waals surface area contributed by atoms with Crippen molar-refractivity contribution in [1.82, 2.24) is 0 Å². The fraction of sp³-hybridized carbons (Fsp3) is 0.273. The molecule has 0 spiro atoms. The fourth-order valence-corrected chi connectivity index (χ4v) is 13.8. The van der Waals surface area contributed by atoms with Crippen LogP contribution in [0.3, 0.4) is 0 Å². The van der Waals surface area contributed by atoms with Gasteiger partial charge in [0.1, 0.15) is 0 Å². The van der Waals surface area contributed by atoms with Gasteiger partial charge in [-0.3, -0.25) is 0 Å². The molecule has 2 heteroatoms. The monoisotopic (exact) mass is 544 g/mol.